The summed E-state index contributed by atoms with van der Waals surface area (Å²) in [4.78, 5) is 0. The number of nitrogens with one attached hydrogen (secondary N) is 1. The van der Waals surface area contributed by atoms with Crippen molar-refractivity contribution in [1.82, 2.24) is 9.88 Å². The first-order chi connectivity index (χ1) is 13.4. The lowest BCUT2D eigenvalue weighted by atomic mass is 10.0. The van der Waals surface area contributed by atoms with Crippen LogP contribution in [0, 0.1) is 6.92 Å². The van der Waals surface area contributed by atoms with Gasteiger partial charge in [0.05, 0.1) is 6.61 Å². The first-order valence-corrected chi connectivity index (χ1v) is 10.8. The summed E-state index contributed by atoms with van der Waals surface area (Å²) in [5.74, 6) is 0.922. The van der Waals surface area contributed by atoms with Gasteiger partial charge in [-0.05, 0) is 31.0 Å². The zero-order valence-corrected chi connectivity index (χ0v) is 16.6. The van der Waals surface area contributed by atoms with Crippen LogP contribution in [0.15, 0.2) is 53.1 Å². The Hall–Kier alpha value is -2.64. The van der Waals surface area contributed by atoms with E-state index in [2.05, 4.69) is 9.88 Å². The van der Waals surface area contributed by atoms with Crippen molar-refractivity contribution in [3.63, 3.8) is 0 Å². The minimum absolute atomic E-state index is 0.260. The Morgan fingerprint density at radius 3 is 2.71 bits per heavy atom. The molecule has 1 aliphatic rings. The molecule has 6 nitrogen and oxygen atoms in total. The zero-order chi connectivity index (χ0) is 19.7. The summed E-state index contributed by atoms with van der Waals surface area (Å²) in [5.41, 5.74) is 4.68. The maximum atomic E-state index is 12.6. The summed E-state index contributed by atoms with van der Waals surface area (Å²) < 4.78 is 38.6. The van der Waals surface area contributed by atoms with Gasteiger partial charge in [-0.2, -0.15) is 0 Å². The van der Waals surface area contributed by atoms with E-state index in [1.807, 2.05) is 56.3 Å². The normalized spacial score (nSPS) is 14.5. The number of sulfonamides is 1. The van der Waals surface area contributed by atoms with Crippen LogP contribution in [0.1, 0.15) is 35.4 Å². The summed E-state index contributed by atoms with van der Waals surface area (Å²) >= 11 is 0. The molecule has 146 valence electrons. The van der Waals surface area contributed by atoms with E-state index in [1.165, 1.54) is 0 Å². The number of benzene rings is 2. The largest absolute Gasteiger partial charge is 0.493 e. The van der Waals surface area contributed by atoms with Crippen LogP contribution >= 0.6 is 0 Å². The molecule has 0 spiro atoms. The van der Waals surface area contributed by atoms with Crippen LogP contribution < -0.4 is 9.46 Å². The first kappa shape index (κ1) is 18.7. The fraction of sp³-hybridized carbons (Fsp3) is 0.286. The molecule has 0 aliphatic carbocycles. The van der Waals surface area contributed by atoms with Crippen molar-refractivity contribution in [3.8, 4) is 17.0 Å². The number of rotatable bonds is 6. The molecule has 28 heavy (non-hydrogen) atoms. The third-order valence-corrected chi connectivity index (χ3v) is 6.19. The van der Waals surface area contributed by atoms with Crippen molar-refractivity contribution in [2.75, 3.05) is 6.61 Å². The third kappa shape index (κ3) is 4.10. The van der Waals surface area contributed by atoms with E-state index in [4.69, 9.17) is 9.26 Å². The van der Waals surface area contributed by atoms with Gasteiger partial charge in [0.15, 0.2) is 5.76 Å². The van der Waals surface area contributed by atoms with E-state index in [9.17, 15) is 8.42 Å². The Morgan fingerprint density at radius 1 is 1.14 bits per heavy atom. The highest BCUT2D eigenvalue weighted by Gasteiger charge is 2.21. The SMILES string of the molecule is Cc1ccc(-c2cc(CS(=O)(=O)N[C@@H](C)c3ccc4c(c3)CCO4)on2)cc1. The van der Waals surface area contributed by atoms with E-state index in [1.54, 1.807) is 6.07 Å². The molecule has 0 amide bonds. The number of aromatic nitrogens is 1. The van der Waals surface area contributed by atoms with Crippen LogP contribution in [-0.2, 0) is 22.2 Å². The second kappa shape index (κ2) is 7.41. The van der Waals surface area contributed by atoms with Gasteiger partial charge in [0.2, 0.25) is 10.0 Å². The molecular weight excluding hydrogens is 376 g/mol. The average Bonchev–Trinajstić information content (AvgIpc) is 3.30. The van der Waals surface area contributed by atoms with E-state index in [0.29, 0.717) is 18.1 Å². The number of nitrogens with zero attached hydrogens (tertiary/aromatic N) is 1. The third-order valence-electron chi connectivity index (χ3n) is 4.81. The molecule has 0 saturated heterocycles. The van der Waals surface area contributed by atoms with Gasteiger partial charge in [0.25, 0.3) is 0 Å². The fourth-order valence-corrected chi connectivity index (χ4v) is 4.55. The van der Waals surface area contributed by atoms with Gasteiger partial charge in [-0.15, -0.1) is 0 Å². The molecular formula is C21H22N2O4S. The van der Waals surface area contributed by atoms with E-state index in [0.717, 1.165) is 34.4 Å². The molecule has 4 rings (SSSR count). The number of hydrogen-bond acceptors (Lipinski definition) is 5. The molecule has 2 heterocycles. The zero-order valence-electron chi connectivity index (χ0n) is 15.8. The molecule has 7 heteroatoms. The molecule has 0 unspecified atom stereocenters. The van der Waals surface area contributed by atoms with Crippen LogP contribution in [0.2, 0.25) is 0 Å². The van der Waals surface area contributed by atoms with Crippen molar-refractivity contribution < 1.29 is 17.7 Å². The van der Waals surface area contributed by atoms with E-state index in [-0.39, 0.29) is 11.8 Å². The van der Waals surface area contributed by atoms with Crippen molar-refractivity contribution in [1.29, 1.82) is 0 Å². The van der Waals surface area contributed by atoms with Crippen LogP contribution in [0.5, 0.6) is 5.75 Å². The Kier molecular flexibility index (Phi) is 4.95. The lowest BCUT2D eigenvalue weighted by Gasteiger charge is -2.15. The summed E-state index contributed by atoms with van der Waals surface area (Å²) in [6.45, 7) is 4.51. The molecule has 0 radical (unpaired) electrons. The first-order valence-electron chi connectivity index (χ1n) is 9.18. The molecule has 0 saturated carbocycles. The molecule has 1 atom stereocenters. The lowest BCUT2D eigenvalue weighted by molar-refractivity contribution is 0.357. The molecule has 1 aromatic heterocycles. The second-order valence-corrected chi connectivity index (χ2v) is 8.86. The van der Waals surface area contributed by atoms with Gasteiger partial charge in [-0.3, -0.25) is 0 Å². The second-order valence-electron chi connectivity index (χ2n) is 7.11. The Labute approximate surface area is 164 Å². The minimum Gasteiger partial charge on any atom is -0.493 e. The van der Waals surface area contributed by atoms with Crippen molar-refractivity contribution in [2.45, 2.75) is 32.1 Å². The Morgan fingerprint density at radius 2 is 1.93 bits per heavy atom. The summed E-state index contributed by atoms with van der Waals surface area (Å²) in [6, 6.07) is 14.9. The van der Waals surface area contributed by atoms with Crippen molar-refractivity contribution in [2.24, 2.45) is 0 Å². The van der Waals surface area contributed by atoms with E-state index < -0.39 is 10.0 Å². The lowest BCUT2D eigenvalue weighted by Crippen LogP contribution is -2.28. The summed E-state index contributed by atoms with van der Waals surface area (Å²) in [5, 5.41) is 4.00. The number of fused-ring (bicyclic) bond motifs is 1. The smallest absolute Gasteiger partial charge is 0.219 e. The highest BCUT2D eigenvalue weighted by atomic mass is 32.2. The quantitative estimate of drug-likeness (QED) is 0.684. The number of hydrogen-bond donors (Lipinski definition) is 1. The molecule has 1 aliphatic heterocycles. The number of ether oxygens (including phenoxy) is 1. The predicted octanol–water partition coefficient (Wildman–Crippen LogP) is 3.77. The maximum absolute atomic E-state index is 12.6. The standard InChI is InChI=1S/C21H22N2O4S/c1-14-3-5-16(6-4-14)20-12-19(27-22-20)13-28(24,25)23-15(2)17-7-8-21-18(11-17)9-10-26-21/h3-8,11-12,15,23H,9-10,13H2,1-2H3/t15-/m0/s1. The average molecular weight is 398 g/mol. The molecule has 2 aromatic carbocycles. The van der Waals surface area contributed by atoms with Gasteiger partial charge >= 0.3 is 0 Å². The van der Waals surface area contributed by atoms with Crippen LogP contribution in [0.3, 0.4) is 0 Å². The van der Waals surface area contributed by atoms with Gasteiger partial charge in [0.1, 0.15) is 17.2 Å². The fourth-order valence-electron chi connectivity index (χ4n) is 3.28. The van der Waals surface area contributed by atoms with Crippen molar-refractivity contribution in [3.05, 3.63) is 71.0 Å². The number of aryl methyl sites for hydroxylation is 1. The molecule has 0 fully saturated rings. The maximum Gasteiger partial charge on any atom is 0.219 e. The Bertz CT molecular complexity index is 1090. The summed E-state index contributed by atoms with van der Waals surface area (Å²) in [6.07, 6.45) is 0.850. The van der Waals surface area contributed by atoms with Gasteiger partial charge in [-0.25, -0.2) is 13.1 Å². The van der Waals surface area contributed by atoms with Crippen LogP contribution in [0.4, 0.5) is 0 Å². The Balaban J connectivity index is 1.45. The minimum atomic E-state index is -3.59. The van der Waals surface area contributed by atoms with Crippen LogP contribution in [0.25, 0.3) is 11.3 Å². The monoisotopic (exact) mass is 398 g/mol. The topological polar surface area (TPSA) is 81.4 Å². The van der Waals surface area contributed by atoms with Gasteiger partial charge < -0.3 is 9.26 Å². The highest BCUT2D eigenvalue weighted by Crippen LogP contribution is 2.28. The van der Waals surface area contributed by atoms with Crippen molar-refractivity contribution >= 4 is 10.0 Å². The highest BCUT2D eigenvalue weighted by molar-refractivity contribution is 7.88. The molecule has 1 N–H and O–H groups in total. The summed E-state index contributed by atoms with van der Waals surface area (Å²) in [7, 11) is -3.59. The van der Waals surface area contributed by atoms with Gasteiger partial charge in [0, 0.05) is 24.1 Å². The molecule has 3 aromatic rings. The van der Waals surface area contributed by atoms with Gasteiger partial charge in [-0.1, -0.05) is 47.1 Å². The van der Waals surface area contributed by atoms with Crippen LogP contribution in [-0.4, -0.2) is 20.2 Å². The molecule has 0 bridgehead atoms. The van der Waals surface area contributed by atoms with E-state index >= 15 is 0 Å². The predicted molar refractivity (Wildman–Crippen MR) is 106 cm³/mol.